The van der Waals surface area contributed by atoms with E-state index in [9.17, 15) is 4.79 Å². The van der Waals surface area contributed by atoms with Crippen LogP contribution in [0.1, 0.15) is 52.7 Å². The fourth-order valence-electron chi connectivity index (χ4n) is 6.06. The Morgan fingerprint density at radius 2 is 1.54 bits per heavy atom. The first-order chi connectivity index (χ1) is 17.2. The summed E-state index contributed by atoms with van der Waals surface area (Å²) in [6.45, 7) is 1.35. The summed E-state index contributed by atoms with van der Waals surface area (Å²) in [6, 6.07) is 25.5. The molecule has 6 rings (SSSR count). The van der Waals surface area contributed by atoms with Crippen LogP contribution < -0.4 is 9.47 Å². The van der Waals surface area contributed by atoms with Gasteiger partial charge in [-0.25, -0.2) is 0 Å². The van der Waals surface area contributed by atoms with Crippen LogP contribution in [0.2, 0.25) is 0 Å². The van der Waals surface area contributed by atoms with E-state index >= 15 is 0 Å². The van der Waals surface area contributed by atoms with E-state index in [0.29, 0.717) is 24.4 Å². The van der Waals surface area contributed by atoms with Gasteiger partial charge in [-0.15, -0.1) is 0 Å². The molecule has 0 radical (unpaired) electrons. The SMILES string of the molecule is O=C(Cl)c1ccccc1C(=C1CC2CCC(C1)N2CCc1ccc2c(c1)OCO2)c1ccccc1. The van der Waals surface area contributed by atoms with Crippen molar-refractivity contribution in [2.75, 3.05) is 13.3 Å². The van der Waals surface area contributed by atoms with Gasteiger partial charge < -0.3 is 9.47 Å². The third-order valence-electron chi connectivity index (χ3n) is 7.66. The predicted octanol–water partition coefficient (Wildman–Crippen LogP) is 6.47. The quantitative estimate of drug-likeness (QED) is 0.375. The molecule has 3 aromatic carbocycles. The zero-order valence-electron chi connectivity index (χ0n) is 19.6. The molecule has 4 nitrogen and oxygen atoms in total. The van der Waals surface area contributed by atoms with Crippen LogP contribution in [0.25, 0.3) is 5.57 Å². The molecular weight excluding hydrogens is 458 g/mol. The second-order valence-electron chi connectivity index (χ2n) is 9.63. The second kappa shape index (κ2) is 9.52. The van der Waals surface area contributed by atoms with Crippen LogP contribution >= 0.6 is 11.6 Å². The number of fused-ring (bicyclic) bond motifs is 3. The Hall–Kier alpha value is -3.08. The first-order valence-electron chi connectivity index (χ1n) is 12.4. The van der Waals surface area contributed by atoms with Gasteiger partial charge in [0, 0.05) is 24.2 Å². The molecule has 2 saturated heterocycles. The smallest absolute Gasteiger partial charge is 0.253 e. The van der Waals surface area contributed by atoms with Crippen LogP contribution in [-0.4, -0.2) is 35.6 Å². The van der Waals surface area contributed by atoms with Gasteiger partial charge in [0.1, 0.15) is 0 Å². The number of ether oxygens (including phenoxy) is 2. The van der Waals surface area contributed by atoms with Crippen molar-refractivity contribution in [2.45, 2.75) is 44.2 Å². The fraction of sp³-hybridized carbons (Fsp3) is 0.300. The van der Waals surface area contributed by atoms with Crippen molar-refractivity contribution in [3.05, 3.63) is 101 Å². The lowest BCUT2D eigenvalue weighted by molar-refractivity contribution is 0.108. The average Bonchev–Trinajstić information content (AvgIpc) is 3.44. The molecule has 2 bridgehead atoms. The summed E-state index contributed by atoms with van der Waals surface area (Å²) < 4.78 is 11.0. The standard InChI is InChI=1S/C30H28ClNO3/c31-30(33)26-9-5-4-8-25(26)29(21-6-2-1-3-7-21)22-17-23-11-12-24(18-22)32(23)15-14-20-10-13-27-28(16-20)35-19-34-27/h1-10,13,16,23-24H,11-12,14-15,17-19H2. The molecule has 2 unspecified atom stereocenters. The van der Waals surface area contributed by atoms with E-state index in [4.69, 9.17) is 21.1 Å². The Bertz CT molecular complexity index is 1270. The molecule has 2 atom stereocenters. The maximum absolute atomic E-state index is 12.3. The number of hydrogen-bond donors (Lipinski definition) is 0. The lowest BCUT2D eigenvalue weighted by Gasteiger charge is -2.37. The van der Waals surface area contributed by atoms with Crippen LogP contribution in [0.3, 0.4) is 0 Å². The van der Waals surface area contributed by atoms with E-state index in [0.717, 1.165) is 48.4 Å². The summed E-state index contributed by atoms with van der Waals surface area (Å²) in [6.07, 6.45) is 5.47. The predicted molar refractivity (Wildman–Crippen MR) is 138 cm³/mol. The second-order valence-corrected chi connectivity index (χ2v) is 9.98. The third kappa shape index (κ3) is 4.37. The van der Waals surface area contributed by atoms with E-state index in [1.807, 2.05) is 36.4 Å². The van der Waals surface area contributed by atoms with Gasteiger partial charge in [-0.1, -0.05) is 60.2 Å². The number of rotatable bonds is 6. The monoisotopic (exact) mass is 485 g/mol. The van der Waals surface area contributed by atoms with Crippen molar-refractivity contribution in [1.29, 1.82) is 0 Å². The molecule has 3 aliphatic rings. The fourth-order valence-corrected chi connectivity index (χ4v) is 6.22. The molecular formula is C30H28ClNO3. The minimum absolute atomic E-state index is 0.312. The highest BCUT2D eigenvalue weighted by Gasteiger charge is 2.39. The number of piperidine rings is 1. The highest BCUT2D eigenvalue weighted by molar-refractivity contribution is 6.68. The molecule has 0 amide bonds. The summed E-state index contributed by atoms with van der Waals surface area (Å²) in [7, 11) is 0. The number of carbonyl (C=O) groups is 1. The first kappa shape index (κ1) is 22.4. The highest BCUT2D eigenvalue weighted by Crippen LogP contribution is 2.43. The number of nitrogens with zero attached hydrogens (tertiary/aromatic N) is 1. The Kier molecular flexibility index (Phi) is 6.09. The zero-order chi connectivity index (χ0) is 23.8. The maximum atomic E-state index is 12.3. The van der Waals surface area contributed by atoms with Crippen LogP contribution in [-0.2, 0) is 6.42 Å². The lowest BCUT2D eigenvalue weighted by Crippen LogP contribution is -2.41. The Morgan fingerprint density at radius 3 is 2.29 bits per heavy atom. The third-order valence-corrected chi connectivity index (χ3v) is 7.86. The van der Waals surface area contributed by atoms with Gasteiger partial charge in [0.15, 0.2) is 11.5 Å². The van der Waals surface area contributed by atoms with Crippen molar-refractivity contribution in [1.82, 2.24) is 4.90 Å². The van der Waals surface area contributed by atoms with Crippen LogP contribution in [0.5, 0.6) is 11.5 Å². The van der Waals surface area contributed by atoms with Crippen molar-refractivity contribution in [3.8, 4) is 11.5 Å². The van der Waals surface area contributed by atoms with Gasteiger partial charge in [0.2, 0.25) is 6.79 Å². The summed E-state index contributed by atoms with van der Waals surface area (Å²) >= 11 is 6.02. The Balaban J connectivity index is 1.29. The Morgan fingerprint density at radius 1 is 0.857 bits per heavy atom. The van der Waals surface area contributed by atoms with Gasteiger partial charge in [0.05, 0.1) is 0 Å². The molecule has 3 heterocycles. The van der Waals surface area contributed by atoms with E-state index in [1.54, 1.807) is 0 Å². The normalized spacial score (nSPS) is 20.8. The lowest BCUT2D eigenvalue weighted by atomic mass is 9.84. The van der Waals surface area contributed by atoms with E-state index < -0.39 is 5.24 Å². The number of halogens is 1. The maximum Gasteiger partial charge on any atom is 0.253 e. The number of benzene rings is 3. The zero-order valence-corrected chi connectivity index (χ0v) is 20.3. The van der Waals surface area contributed by atoms with E-state index in [2.05, 4.69) is 41.3 Å². The molecule has 2 fully saturated rings. The van der Waals surface area contributed by atoms with E-state index in [1.165, 1.54) is 29.6 Å². The minimum atomic E-state index is -0.404. The molecule has 0 aromatic heterocycles. The first-order valence-corrected chi connectivity index (χ1v) is 12.8. The molecule has 0 aliphatic carbocycles. The van der Waals surface area contributed by atoms with Crippen molar-refractivity contribution in [3.63, 3.8) is 0 Å². The van der Waals surface area contributed by atoms with Crippen LogP contribution in [0, 0.1) is 0 Å². The van der Waals surface area contributed by atoms with Gasteiger partial charge in [-0.05, 0) is 84.2 Å². The van der Waals surface area contributed by atoms with Crippen molar-refractivity contribution in [2.24, 2.45) is 0 Å². The van der Waals surface area contributed by atoms with Crippen molar-refractivity contribution >= 4 is 22.4 Å². The van der Waals surface area contributed by atoms with Gasteiger partial charge in [-0.3, -0.25) is 9.69 Å². The topological polar surface area (TPSA) is 38.8 Å². The minimum Gasteiger partial charge on any atom is -0.454 e. The molecule has 178 valence electrons. The van der Waals surface area contributed by atoms with Gasteiger partial charge in [0.25, 0.3) is 5.24 Å². The van der Waals surface area contributed by atoms with Gasteiger partial charge >= 0.3 is 0 Å². The summed E-state index contributed by atoms with van der Waals surface area (Å²) in [5.74, 6) is 1.69. The summed E-state index contributed by atoms with van der Waals surface area (Å²) in [5, 5.41) is -0.404. The number of carbonyl (C=O) groups excluding carboxylic acids is 1. The molecule has 35 heavy (non-hydrogen) atoms. The molecule has 5 heteroatoms. The summed E-state index contributed by atoms with van der Waals surface area (Å²) in [5.41, 5.74) is 6.59. The average molecular weight is 486 g/mol. The molecule has 0 spiro atoms. The van der Waals surface area contributed by atoms with Crippen LogP contribution in [0.4, 0.5) is 0 Å². The van der Waals surface area contributed by atoms with Crippen LogP contribution in [0.15, 0.2) is 78.4 Å². The molecule has 0 saturated carbocycles. The molecule has 0 N–H and O–H groups in total. The van der Waals surface area contributed by atoms with Gasteiger partial charge in [-0.2, -0.15) is 0 Å². The molecule has 3 aromatic rings. The summed E-state index contributed by atoms with van der Waals surface area (Å²) in [4.78, 5) is 15.0. The molecule has 3 aliphatic heterocycles. The highest BCUT2D eigenvalue weighted by atomic mass is 35.5. The Labute approximate surface area is 211 Å². The van der Waals surface area contributed by atoms with Crippen molar-refractivity contribution < 1.29 is 14.3 Å². The number of hydrogen-bond acceptors (Lipinski definition) is 4. The van der Waals surface area contributed by atoms with E-state index in [-0.39, 0.29) is 0 Å². The largest absolute Gasteiger partial charge is 0.454 e.